The minimum Gasteiger partial charge on any atom is -0.355 e. The molecule has 0 saturated heterocycles. The van der Waals surface area contributed by atoms with Gasteiger partial charge in [-0.05, 0) is 66.2 Å². The highest BCUT2D eigenvalue weighted by molar-refractivity contribution is 6.00. The van der Waals surface area contributed by atoms with Crippen LogP contribution in [0.25, 0.3) is 23.1 Å². The number of hydrogen-bond acceptors (Lipinski definition) is 5. The third-order valence-corrected chi connectivity index (χ3v) is 5.32. The molecule has 0 saturated carbocycles. The molecule has 1 amide bonds. The maximum atomic E-state index is 12.8. The number of benzene rings is 2. The summed E-state index contributed by atoms with van der Waals surface area (Å²) in [6, 6.07) is 22.9. The van der Waals surface area contributed by atoms with E-state index >= 15 is 0 Å². The number of carbonyl (C=O) groups is 1. The van der Waals surface area contributed by atoms with E-state index in [-0.39, 0.29) is 5.91 Å². The summed E-state index contributed by atoms with van der Waals surface area (Å²) in [7, 11) is 0. The Morgan fingerprint density at radius 3 is 2.71 bits per heavy atom. The fourth-order valence-corrected chi connectivity index (χ4v) is 3.61. The van der Waals surface area contributed by atoms with E-state index in [9.17, 15) is 4.79 Å². The van der Waals surface area contributed by atoms with Gasteiger partial charge in [0.2, 0.25) is 0 Å². The molecule has 0 aliphatic carbocycles. The zero-order chi connectivity index (χ0) is 23.2. The summed E-state index contributed by atoms with van der Waals surface area (Å²) in [4.78, 5) is 21.2. The minimum atomic E-state index is -0.156. The smallest absolute Gasteiger partial charge is 0.253 e. The monoisotopic (exact) mass is 446 g/mol. The highest BCUT2D eigenvalue weighted by Crippen LogP contribution is 2.26. The van der Waals surface area contributed by atoms with Gasteiger partial charge in [-0.2, -0.15) is 5.10 Å². The van der Waals surface area contributed by atoms with Crippen molar-refractivity contribution < 1.29 is 4.79 Å². The first-order chi connectivity index (χ1) is 16.8. The number of H-pyrrole nitrogens is 1. The van der Waals surface area contributed by atoms with Gasteiger partial charge >= 0.3 is 0 Å². The van der Waals surface area contributed by atoms with E-state index < -0.39 is 0 Å². The van der Waals surface area contributed by atoms with Crippen molar-refractivity contribution in [2.75, 3.05) is 5.32 Å². The van der Waals surface area contributed by atoms with Crippen LogP contribution in [0.1, 0.15) is 27.3 Å². The summed E-state index contributed by atoms with van der Waals surface area (Å²) in [6.07, 6.45) is 9.08. The molecule has 0 bridgehead atoms. The van der Waals surface area contributed by atoms with E-state index in [4.69, 9.17) is 0 Å². The van der Waals surface area contributed by atoms with Gasteiger partial charge in [0.25, 0.3) is 5.91 Å². The molecule has 7 heteroatoms. The summed E-state index contributed by atoms with van der Waals surface area (Å²) in [5.74, 6) is -0.156. The van der Waals surface area contributed by atoms with Crippen LogP contribution in [0.15, 0.2) is 91.4 Å². The number of nitrogens with one attached hydrogen (secondary N) is 3. The number of amides is 1. The molecular weight excluding hydrogens is 424 g/mol. The average molecular weight is 447 g/mol. The molecule has 0 spiro atoms. The Morgan fingerprint density at radius 1 is 0.941 bits per heavy atom. The highest BCUT2D eigenvalue weighted by Gasteiger charge is 2.12. The van der Waals surface area contributed by atoms with Crippen molar-refractivity contribution in [3.05, 3.63) is 114 Å². The molecule has 3 aromatic heterocycles. The highest BCUT2D eigenvalue weighted by atomic mass is 16.1. The van der Waals surface area contributed by atoms with Gasteiger partial charge in [0.05, 0.1) is 28.2 Å². The van der Waals surface area contributed by atoms with E-state index in [0.29, 0.717) is 12.1 Å². The Kier molecular flexibility index (Phi) is 6.07. The van der Waals surface area contributed by atoms with Crippen molar-refractivity contribution >= 4 is 40.3 Å². The molecule has 0 aliphatic heterocycles. The number of rotatable bonds is 7. The lowest BCUT2D eigenvalue weighted by molar-refractivity contribution is 0.0951. The summed E-state index contributed by atoms with van der Waals surface area (Å²) < 4.78 is 0. The maximum absolute atomic E-state index is 12.8. The number of nitrogens with zero attached hydrogens (tertiary/aromatic N) is 3. The molecule has 166 valence electrons. The van der Waals surface area contributed by atoms with E-state index in [1.165, 1.54) is 0 Å². The molecule has 2 aromatic carbocycles. The number of pyridine rings is 2. The first-order valence-corrected chi connectivity index (χ1v) is 10.9. The van der Waals surface area contributed by atoms with Crippen LogP contribution >= 0.6 is 0 Å². The summed E-state index contributed by atoms with van der Waals surface area (Å²) >= 11 is 0. The molecule has 0 unspecified atom stereocenters. The van der Waals surface area contributed by atoms with Crippen molar-refractivity contribution in [2.24, 2.45) is 0 Å². The Labute approximate surface area is 196 Å². The number of carbonyl (C=O) groups excluding carboxylic acids is 1. The van der Waals surface area contributed by atoms with E-state index in [1.807, 2.05) is 78.9 Å². The SMILES string of the molecule is O=C(NCc1cccnc1)c1ccccc1Nc1ccc2c(/C=C/c3ccccn3)n[nH]c2c1. The Morgan fingerprint density at radius 2 is 1.85 bits per heavy atom. The normalized spacial score (nSPS) is 11.1. The van der Waals surface area contributed by atoms with Crippen LogP contribution in [0, 0.1) is 0 Å². The minimum absolute atomic E-state index is 0.156. The van der Waals surface area contributed by atoms with Crippen LogP contribution in [-0.4, -0.2) is 26.1 Å². The predicted molar refractivity (Wildman–Crippen MR) is 134 cm³/mol. The summed E-state index contributed by atoms with van der Waals surface area (Å²) in [5, 5.41) is 14.8. The van der Waals surface area contributed by atoms with Crippen molar-refractivity contribution in [1.29, 1.82) is 0 Å². The second-order valence-corrected chi connectivity index (χ2v) is 7.67. The van der Waals surface area contributed by atoms with Crippen LogP contribution in [-0.2, 0) is 6.54 Å². The number of hydrogen-bond donors (Lipinski definition) is 3. The molecule has 3 heterocycles. The van der Waals surface area contributed by atoms with Gasteiger partial charge in [-0.3, -0.25) is 19.9 Å². The molecule has 0 fully saturated rings. The summed E-state index contributed by atoms with van der Waals surface area (Å²) in [6.45, 7) is 0.413. The Bertz CT molecular complexity index is 1440. The van der Waals surface area contributed by atoms with Gasteiger partial charge in [-0.15, -0.1) is 0 Å². The number of fused-ring (bicyclic) bond motifs is 1. The van der Waals surface area contributed by atoms with Gasteiger partial charge in [0, 0.05) is 36.2 Å². The topological polar surface area (TPSA) is 95.6 Å². The zero-order valence-electron chi connectivity index (χ0n) is 18.3. The molecule has 0 radical (unpaired) electrons. The van der Waals surface area contributed by atoms with Crippen LogP contribution < -0.4 is 10.6 Å². The quantitative estimate of drug-likeness (QED) is 0.319. The zero-order valence-corrected chi connectivity index (χ0v) is 18.3. The van der Waals surface area contributed by atoms with Crippen LogP contribution in [0.3, 0.4) is 0 Å². The molecule has 7 nitrogen and oxygen atoms in total. The lowest BCUT2D eigenvalue weighted by Gasteiger charge is -2.12. The number of aromatic nitrogens is 4. The predicted octanol–water partition coefficient (Wildman–Crippen LogP) is 5.20. The van der Waals surface area contributed by atoms with Crippen LogP contribution in [0.4, 0.5) is 11.4 Å². The van der Waals surface area contributed by atoms with Crippen molar-refractivity contribution in [3.8, 4) is 0 Å². The maximum Gasteiger partial charge on any atom is 0.253 e. The molecule has 5 rings (SSSR count). The second kappa shape index (κ2) is 9.79. The average Bonchev–Trinajstić information content (AvgIpc) is 3.30. The Hall–Kier alpha value is -4.78. The van der Waals surface area contributed by atoms with Crippen LogP contribution in [0.2, 0.25) is 0 Å². The lowest BCUT2D eigenvalue weighted by atomic mass is 10.1. The fraction of sp³-hybridized carbons (Fsp3) is 0.0370. The molecule has 0 aliphatic rings. The Balaban J connectivity index is 1.32. The van der Waals surface area contributed by atoms with Crippen molar-refractivity contribution in [1.82, 2.24) is 25.5 Å². The van der Waals surface area contributed by atoms with Gasteiger partial charge in [0.1, 0.15) is 0 Å². The lowest BCUT2D eigenvalue weighted by Crippen LogP contribution is -2.23. The molecule has 0 atom stereocenters. The number of aromatic amines is 1. The van der Waals surface area contributed by atoms with Gasteiger partial charge in [0.15, 0.2) is 0 Å². The molecule has 3 N–H and O–H groups in total. The largest absolute Gasteiger partial charge is 0.355 e. The second-order valence-electron chi connectivity index (χ2n) is 7.67. The van der Waals surface area contributed by atoms with Gasteiger partial charge in [-0.25, -0.2) is 0 Å². The summed E-state index contributed by atoms with van der Waals surface area (Å²) in [5.41, 5.74) is 5.68. The molecule has 34 heavy (non-hydrogen) atoms. The van der Waals surface area contributed by atoms with Crippen molar-refractivity contribution in [3.63, 3.8) is 0 Å². The molecular formula is C27H22N6O. The van der Waals surface area contributed by atoms with Gasteiger partial charge in [-0.1, -0.05) is 24.3 Å². The van der Waals surface area contributed by atoms with E-state index in [2.05, 4.69) is 30.8 Å². The van der Waals surface area contributed by atoms with E-state index in [0.717, 1.165) is 39.2 Å². The van der Waals surface area contributed by atoms with E-state index in [1.54, 1.807) is 24.7 Å². The number of para-hydroxylation sites is 1. The van der Waals surface area contributed by atoms with Crippen LogP contribution in [0.5, 0.6) is 0 Å². The first-order valence-electron chi connectivity index (χ1n) is 10.9. The van der Waals surface area contributed by atoms with Gasteiger partial charge < -0.3 is 10.6 Å². The van der Waals surface area contributed by atoms with Crippen molar-refractivity contribution in [2.45, 2.75) is 6.54 Å². The number of anilines is 2. The third-order valence-electron chi connectivity index (χ3n) is 5.32. The fourth-order valence-electron chi connectivity index (χ4n) is 3.61. The molecule has 5 aromatic rings. The standard InChI is InChI=1S/C27H22N6O/c34-27(30-18-19-6-5-14-28-17-19)23-8-1-2-9-24(23)31-21-10-12-22-25(32-33-26(22)16-21)13-11-20-7-3-4-15-29-20/h1-17,31H,18H2,(H,30,34)(H,32,33)/b13-11+. The first kappa shape index (κ1) is 21.1. The third kappa shape index (κ3) is 4.83.